The summed E-state index contributed by atoms with van der Waals surface area (Å²) in [6.45, 7) is 0. The zero-order valence-corrected chi connectivity index (χ0v) is 12.8. The molecule has 3 atom stereocenters. The number of nitrogens with one attached hydrogen (secondary N) is 2. The predicted octanol–water partition coefficient (Wildman–Crippen LogP) is 2.33. The van der Waals surface area contributed by atoms with Crippen molar-refractivity contribution >= 4 is 22.8 Å². The molecular weight excluding hydrogens is 292 g/mol. The van der Waals surface area contributed by atoms with Crippen LogP contribution >= 0.6 is 0 Å². The number of hydrogen-bond acceptors (Lipinski definition) is 2. The van der Waals surface area contributed by atoms with Gasteiger partial charge in [-0.15, -0.1) is 0 Å². The van der Waals surface area contributed by atoms with Crippen molar-refractivity contribution < 1.29 is 14.7 Å². The summed E-state index contributed by atoms with van der Waals surface area (Å²) < 4.78 is 0. The topological polar surface area (TPSA) is 82.2 Å². The first kappa shape index (κ1) is 14.3. The maximum atomic E-state index is 12.3. The highest BCUT2D eigenvalue weighted by atomic mass is 16.4. The fourth-order valence-corrected chi connectivity index (χ4v) is 3.56. The van der Waals surface area contributed by atoms with Crippen LogP contribution in [0.3, 0.4) is 0 Å². The van der Waals surface area contributed by atoms with Gasteiger partial charge in [-0.25, -0.2) is 4.79 Å². The third-order valence-electron chi connectivity index (χ3n) is 5.12. The first-order valence-electron chi connectivity index (χ1n) is 8.21. The molecule has 0 saturated heterocycles. The lowest BCUT2D eigenvalue weighted by molar-refractivity contribution is -0.142. The lowest BCUT2D eigenvalue weighted by atomic mass is 10.0. The average Bonchev–Trinajstić information content (AvgIpc) is 3.42. The van der Waals surface area contributed by atoms with Gasteiger partial charge in [0.2, 0.25) is 5.91 Å². The van der Waals surface area contributed by atoms with Crippen molar-refractivity contribution in [2.75, 3.05) is 0 Å². The Morgan fingerprint density at radius 1 is 1.30 bits per heavy atom. The highest BCUT2D eigenvalue weighted by molar-refractivity contribution is 5.88. The molecule has 4 rings (SSSR count). The van der Waals surface area contributed by atoms with Crippen molar-refractivity contribution in [3.63, 3.8) is 0 Å². The van der Waals surface area contributed by atoms with Crippen LogP contribution in [0.2, 0.25) is 0 Å². The van der Waals surface area contributed by atoms with Gasteiger partial charge < -0.3 is 15.4 Å². The monoisotopic (exact) mass is 312 g/mol. The van der Waals surface area contributed by atoms with Crippen molar-refractivity contribution in [1.29, 1.82) is 0 Å². The molecule has 3 N–H and O–H groups in total. The molecule has 1 aromatic heterocycles. The summed E-state index contributed by atoms with van der Waals surface area (Å²) in [5.74, 6) is 0.175. The number of carboxylic acid groups (broad SMARTS) is 1. The molecule has 0 radical (unpaired) electrons. The van der Waals surface area contributed by atoms with Gasteiger partial charge in [0.15, 0.2) is 0 Å². The number of carbonyl (C=O) groups is 2. The summed E-state index contributed by atoms with van der Waals surface area (Å²) >= 11 is 0. The van der Waals surface area contributed by atoms with E-state index < -0.39 is 12.0 Å². The van der Waals surface area contributed by atoms with Gasteiger partial charge in [0, 0.05) is 29.4 Å². The van der Waals surface area contributed by atoms with E-state index >= 15 is 0 Å². The molecule has 2 aromatic rings. The van der Waals surface area contributed by atoms with E-state index in [4.69, 9.17) is 0 Å². The van der Waals surface area contributed by atoms with E-state index in [-0.39, 0.29) is 11.8 Å². The molecule has 0 aliphatic heterocycles. The van der Waals surface area contributed by atoms with E-state index in [1.165, 1.54) is 12.8 Å². The molecule has 5 heteroatoms. The summed E-state index contributed by atoms with van der Waals surface area (Å²) in [5.41, 5.74) is 1.90. The number of aromatic nitrogens is 1. The normalized spacial score (nSPS) is 24.3. The van der Waals surface area contributed by atoms with E-state index in [9.17, 15) is 14.7 Å². The number of para-hydroxylation sites is 1. The van der Waals surface area contributed by atoms with Crippen LogP contribution in [0.5, 0.6) is 0 Å². The van der Waals surface area contributed by atoms with E-state index in [1.807, 2.05) is 30.5 Å². The number of carbonyl (C=O) groups excluding carboxylic acids is 1. The Morgan fingerprint density at radius 2 is 2.09 bits per heavy atom. The molecule has 2 fully saturated rings. The lowest BCUT2D eigenvalue weighted by Crippen LogP contribution is -2.43. The fraction of sp³-hybridized carbons (Fsp3) is 0.444. The fourth-order valence-electron chi connectivity index (χ4n) is 3.56. The number of H-pyrrole nitrogens is 1. The minimum absolute atomic E-state index is 0.0346. The van der Waals surface area contributed by atoms with E-state index in [0.717, 1.165) is 22.9 Å². The van der Waals surface area contributed by atoms with Crippen molar-refractivity contribution in [1.82, 2.24) is 10.3 Å². The Kier molecular flexibility index (Phi) is 3.36. The highest BCUT2D eigenvalue weighted by Crippen LogP contribution is 2.54. The maximum Gasteiger partial charge on any atom is 0.326 e. The second-order valence-electron chi connectivity index (χ2n) is 6.81. The molecule has 0 bridgehead atoms. The van der Waals surface area contributed by atoms with Crippen LogP contribution < -0.4 is 5.32 Å². The number of aromatic amines is 1. The quantitative estimate of drug-likeness (QED) is 0.765. The molecule has 120 valence electrons. The van der Waals surface area contributed by atoms with E-state index in [1.54, 1.807) is 0 Å². The zero-order valence-electron chi connectivity index (χ0n) is 12.8. The van der Waals surface area contributed by atoms with Gasteiger partial charge in [0.05, 0.1) is 0 Å². The van der Waals surface area contributed by atoms with Crippen LogP contribution in [0.25, 0.3) is 10.9 Å². The standard InChI is InChI=1S/C18H20N2O3/c21-17(14-8-13(14)10-5-6-10)20-16(18(22)23)7-11-9-19-15-4-2-1-3-12(11)15/h1-4,9-10,13-14,16,19H,5-8H2,(H,20,21)(H,22,23). The van der Waals surface area contributed by atoms with Gasteiger partial charge in [0.25, 0.3) is 0 Å². The Labute approximate surface area is 134 Å². The Morgan fingerprint density at radius 3 is 2.83 bits per heavy atom. The number of rotatable bonds is 6. The predicted molar refractivity (Wildman–Crippen MR) is 85.9 cm³/mol. The van der Waals surface area contributed by atoms with Gasteiger partial charge in [-0.05, 0) is 42.7 Å². The summed E-state index contributed by atoms with van der Waals surface area (Å²) in [6, 6.07) is 6.91. The largest absolute Gasteiger partial charge is 0.480 e. The van der Waals surface area contributed by atoms with Gasteiger partial charge in [-0.1, -0.05) is 18.2 Å². The third kappa shape index (κ3) is 2.83. The van der Waals surface area contributed by atoms with Crippen LogP contribution in [0.15, 0.2) is 30.5 Å². The van der Waals surface area contributed by atoms with Gasteiger partial charge in [-0.3, -0.25) is 4.79 Å². The zero-order chi connectivity index (χ0) is 16.0. The Balaban J connectivity index is 1.45. The van der Waals surface area contributed by atoms with E-state index in [0.29, 0.717) is 18.3 Å². The maximum absolute atomic E-state index is 12.3. The average molecular weight is 312 g/mol. The summed E-state index contributed by atoms with van der Waals surface area (Å²) in [6.07, 6.45) is 5.51. The molecular formula is C18H20N2O3. The first-order chi connectivity index (χ1) is 11.1. The minimum Gasteiger partial charge on any atom is -0.480 e. The SMILES string of the molecule is O=C(O)C(Cc1c[nH]c2ccccc12)NC(=O)C1CC1C1CC1. The van der Waals surface area contributed by atoms with Crippen LogP contribution in [-0.2, 0) is 16.0 Å². The van der Waals surface area contributed by atoms with Gasteiger partial charge in [-0.2, -0.15) is 0 Å². The molecule has 5 nitrogen and oxygen atoms in total. The van der Waals surface area contributed by atoms with Crippen LogP contribution in [0, 0.1) is 17.8 Å². The highest BCUT2D eigenvalue weighted by Gasteiger charge is 2.51. The number of carboxylic acids is 1. The van der Waals surface area contributed by atoms with Crippen LogP contribution in [-0.4, -0.2) is 28.0 Å². The third-order valence-corrected chi connectivity index (χ3v) is 5.12. The molecule has 23 heavy (non-hydrogen) atoms. The van der Waals surface area contributed by atoms with Crippen molar-refractivity contribution in [3.05, 3.63) is 36.0 Å². The molecule has 1 amide bonds. The minimum atomic E-state index is -0.979. The van der Waals surface area contributed by atoms with Gasteiger partial charge in [0.1, 0.15) is 6.04 Å². The lowest BCUT2D eigenvalue weighted by Gasteiger charge is -2.14. The second-order valence-corrected chi connectivity index (χ2v) is 6.81. The van der Waals surface area contributed by atoms with E-state index in [2.05, 4.69) is 10.3 Å². The molecule has 3 unspecified atom stereocenters. The van der Waals surface area contributed by atoms with Crippen LogP contribution in [0.4, 0.5) is 0 Å². The molecule has 2 aliphatic carbocycles. The van der Waals surface area contributed by atoms with Crippen molar-refractivity contribution in [2.45, 2.75) is 31.7 Å². The number of hydrogen-bond donors (Lipinski definition) is 3. The smallest absolute Gasteiger partial charge is 0.326 e. The Bertz CT molecular complexity index is 762. The number of fused-ring (bicyclic) bond motifs is 1. The number of benzene rings is 1. The van der Waals surface area contributed by atoms with Crippen molar-refractivity contribution in [2.24, 2.45) is 17.8 Å². The Hall–Kier alpha value is -2.30. The molecule has 1 heterocycles. The summed E-state index contributed by atoms with van der Waals surface area (Å²) in [5, 5.41) is 13.2. The molecule has 1 aromatic carbocycles. The molecule has 2 saturated carbocycles. The van der Waals surface area contributed by atoms with Crippen LogP contribution in [0.1, 0.15) is 24.8 Å². The van der Waals surface area contributed by atoms with Crippen molar-refractivity contribution in [3.8, 4) is 0 Å². The molecule has 2 aliphatic rings. The first-order valence-corrected chi connectivity index (χ1v) is 8.21. The summed E-state index contributed by atoms with van der Waals surface area (Å²) in [7, 11) is 0. The number of amides is 1. The molecule has 0 spiro atoms. The summed E-state index contributed by atoms with van der Waals surface area (Å²) in [4.78, 5) is 27.0. The van der Waals surface area contributed by atoms with Gasteiger partial charge >= 0.3 is 5.97 Å². The number of aliphatic carboxylic acids is 1. The second kappa shape index (κ2) is 5.41.